The minimum Gasteiger partial charge on any atom is -0.344 e. The molecule has 8 heteroatoms. The highest BCUT2D eigenvalue weighted by Gasteiger charge is 2.20. The van der Waals surface area contributed by atoms with Gasteiger partial charge in [0.15, 0.2) is 0 Å². The van der Waals surface area contributed by atoms with E-state index in [9.17, 15) is 14.4 Å². The van der Waals surface area contributed by atoms with Crippen LogP contribution in [-0.2, 0) is 7.05 Å². The smallest absolute Gasteiger partial charge is 0.333 e. The van der Waals surface area contributed by atoms with E-state index < -0.39 is 17.2 Å². The van der Waals surface area contributed by atoms with Crippen LogP contribution < -0.4 is 16.6 Å². The van der Waals surface area contributed by atoms with E-state index in [2.05, 4.69) is 26.2 Å². The average Bonchev–Trinajstić information content (AvgIpc) is 2.99. The van der Waals surface area contributed by atoms with Crippen LogP contribution in [0.25, 0.3) is 16.7 Å². The lowest BCUT2D eigenvalue weighted by Gasteiger charge is -2.06. The summed E-state index contributed by atoms with van der Waals surface area (Å²) in [6.45, 7) is 0. The predicted octanol–water partition coefficient (Wildman–Crippen LogP) is 3.03. The second-order valence-electron chi connectivity index (χ2n) is 6.25. The fourth-order valence-corrected chi connectivity index (χ4v) is 3.52. The minimum absolute atomic E-state index is 0.206. The van der Waals surface area contributed by atoms with Crippen molar-refractivity contribution in [2.45, 2.75) is 0 Å². The van der Waals surface area contributed by atoms with Gasteiger partial charge in [-0.25, -0.2) is 9.36 Å². The Morgan fingerprint density at radius 1 is 1.07 bits per heavy atom. The molecule has 4 aromatic rings. The maximum Gasteiger partial charge on any atom is 0.333 e. The number of nitrogens with zero attached hydrogens (tertiary/aromatic N) is 2. The number of nitrogens with one attached hydrogen (secondary N) is 2. The van der Waals surface area contributed by atoms with Crippen LogP contribution in [0.4, 0.5) is 5.69 Å². The largest absolute Gasteiger partial charge is 0.344 e. The number of carbonyl (C=O) groups excluding carboxylic acids is 1. The van der Waals surface area contributed by atoms with Crippen molar-refractivity contribution in [3.8, 4) is 5.69 Å². The van der Waals surface area contributed by atoms with Crippen molar-refractivity contribution >= 4 is 38.6 Å². The van der Waals surface area contributed by atoms with Crippen LogP contribution in [0.5, 0.6) is 0 Å². The molecule has 4 rings (SSSR count). The third-order valence-electron chi connectivity index (χ3n) is 4.36. The first-order chi connectivity index (χ1) is 13.5. The van der Waals surface area contributed by atoms with Crippen LogP contribution in [0.3, 0.4) is 0 Å². The van der Waals surface area contributed by atoms with Gasteiger partial charge in [0.05, 0.1) is 16.8 Å². The molecule has 2 N–H and O–H groups in total. The van der Waals surface area contributed by atoms with Crippen LogP contribution in [0.2, 0.25) is 0 Å². The molecule has 0 fully saturated rings. The molecule has 0 aliphatic rings. The van der Waals surface area contributed by atoms with Crippen molar-refractivity contribution in [1.82, 2.24) is 14.1 Å². The van der Waals surface area contributed by atoms with Crippen molar-refractivity contribution in [2.75, 3.05) is 5.32 Å². The van der Waals surface area contributed by atoms with Gasteiger partial charge in [-0.3, -0.25) is 9.59 Å². The zero-order valence-electron chi connectivity index (χ0n) is 14.8. The van der Waals surface area contributed by atoms with Gasteiger partial charge in [-0.15, -0.1) is 0 Å². The Morgan fingerprint density at radius 3 is 2.54 bits per heavy atom. The fraction of sp³-hybridized carbons (Fsp3) is 0.0500. The first-order valence-corrected chi connectivity index (χ1v) is 9.21. The summed E-state index contributed by atoms with van der Waals surface area (Å²) in [5.41, 5.74) is 0.612. The lowest BCUT2D eigenvalue weighted by atomic mass is 10.2. The van der Waals surface area contributed by atoms with E-state index in [1.165, 1.54) is 6.20 Å². The lowest BCUT2D eigenvalue weighted by Crippen LogP contribution is -2.34. The Balaban J connectivity index is 1.85. The van der Waals surface area contributed by atoms with E-state index >= 15 is 0 Å². The zero-order chi connectivity index (χ0) is 19.8. The molecule has 0 aliphatic carbocycles. The normalized spacial score (nSPS) is 10.9. The Bertz CT molecular complexity index is 1320. The number of carbonyl (C=O) groups is 1. The summed E-state index contributed by atoms with van der Waals surface area (Å²) in [6, 6.07) is 15.8. The lowest BCUT2D eigenvalue weighted by molar-refractivity contribution is 0.102. The molecule has 2 aromatic carbocycles. The van der Waals surface area contributed by atoms with Crippen LogP contribution in [0.15, 0.2) is 74.9 Å². The van der Waals surface area contributed by atoms with Crippen LogP contribution in [0, 0.1) is 0 Å². The van der Waals surface area contributed by atoms with Crippen molar-refractivity contribution in [3.63, 3.8) is 0 Å². The Morgan fingerprint density at radius 2 is 1.82 bits per heavy atom. The predicted molar refractivity (Wildman–Crippen MR) is 111 cm³/mol. The number of aryl methyl sites for hydroxylation is 1. The van der Waals surface area contributed by atoms with E-state index in [1.54, 1.807) is 60.1 Å². The molecule has 0 spiro atoms. The van der Waals surface area contributed by atoms with Gasteiger partial charge < -0.3 is 14.9 Å². The van der Waals surface area contributed by atoms with Gasteiger partial charge in [-0.05, 0) is 30.3 Å². The van der Waals surface area contributed by atoms with Gasteiger partial charge in [0, 0.05) is 23.4 Å². The molecular weight excluding hydrogens is 424 g/mol. The SMILES string of the molecule is Cn1cc(C(=O)Nc2cccc(Br)c2)c2[nH]c(=O)n(-c3ccccc3)c(=O)c21. The third-order valence-corrected chi connectivity index (χ3v) is 4.86. The average molecular weight is 439 g/mol. The number of amides is 1. The van der Waals surface area contributed by atoms with E-state index in [-0.39, 0.29) is 16.6 Å². The molecule has 0 radical (unpaired) electrons. The molecule has 7 nitrogen and oxygen atoms in total. The molecule has 0 atom stereocenters. The highest BCUT2D eigenvalue weighted by atomic mass is 79.9. The van der Waals surface area contributed by atoms with Gasteiger partial charge in [-0.1, -0.05) is 40.2 Å². The number of para-hydroxylation sites is 1. The van der Waals surface area contributed by atoms with Gasteiger partial charge in [0.2, 0.25) is 0 Å². The number of hydrogen-bond acceptors (Lipinski definition) is 3. The molecule has 0 saturated heterocycles. The molecule has 0 saturated carbocycles. The molecule has 0 bridgehead atoms. The van der Waals surface area contributed by atoms with Crippen molar-refractivity contribution in [1.29, 1.82) is 0 Å². The molecule has 140 valence electrons. The Kier molecular flexibility index (Phi) is 4.48. The standard InChI is InChI=1S/C20H15BrN4O3/c1-24-11-15(18(26)22-13-7-5-6-12(21)10-13)16-17(24)19(27)25(20(28)23-16)14-8-3-2-4-9-14/h2-11H,1H3,(H,22,26)(H,23,28). The highest BCUT2D eigenvalue weighted by Crippen LogP contribution is 2.19. The Labute approximate surface area is 167 Å². The minimum atomic E-state index is -0.605. The van der Waals surface area contributed by atoms with Crippen LogP contribution >= 0.6 is 15.9 Å². The number of aromatic nitrogens is 3. The number of halogens is 1. The first-order valence-electron chi connectivity index (χ1n) is 8.42. The number of aromatic amines is 1. The first kappa shape index (κ1) is 18.0. The van der Waals surface area contributed by atoms with Crippen molar-refractivity contribution < 1.29 is 4.79 Å². The maximum absolute atomic E-state index is 13.0. The molecule has 28 heavy (non-hydrogen) atoms. The summed E-state index contributed by atoms with van der Waals surface area (Å²) in [5, 5.41) is 2.78. The number of H-pyrrole nitrogens is 1. The molecule has 2 aromatic heterocycles. The number of hydrogen-bond donors (Lipinski definition) is 2. The zero-order valence-corrected chi connectivity index (χ0v) is 16.4. The number of benzene rings is 2. The molecule has 0 aliphatic heterocycles. The van der Waals surface area contributed by atoms with Crippen molar-refractivity contribution in [3.05, 3.63) is 91.7 Å². The van der Waals surface area contributed by atoms with E-state index in [0.717, 1.165) is 9.04 Å². The summed E-state index contributed by atoms with van der Waals surface area (Å²) < 4.78 is 3.42. The van der Waals surface area contributed by atoms with E-state index in [4.69, 9.17) is 0 Å². The summed E-state index contributed by atoms with van der Waals surface area (Å²) in [6.07, 6.45) is 1.53. The monoisotopic (exact) mass is 438 g/mol. The third kappa shape index (κ3) is 3.07. The summed E-state index contributed by atoms with van der Waals surface area (Å²) >= 11 is 3.35. The molecule has 2 heterocycles. The van der Waals surface area contributed by atoms with Gasteiger partial charge in [-0.2, -0.15) is 0 Å². The molecule has 0 unspecified atom stereocenters. The van der Waals surface area contributed by atoms with E-state index in [0.29, 0.717) is 11.4 Å². The summed E-state index contributed by atoms with van der Waals surface area (Å²) in [7, 11) is 1.66. The van der Waals surface area contributed by atoms with E-state index in [1.807, 2.05) is 6.07 Å². The maximum atomic E-state index is 13.0. The highest BCUT2D eigenvalue weighted by molar-refractivity contribution is 9.10. The second-order valence-corrected chi connectivity index (χ2v) is 7.16. The topological polar surface area (TPSA) is 88.9 Å². The summed E-state index contributed by atoms with van der Waals surface area (Å²) in [4.78, 5) is 41.0. The molecule has 1 amide bonds. The second kappa shape index (κ2) is 6.97. The summed E-state index contributed by atoms with van der Waals surface area (Å²) in [5.74, 6) is -0.420. The van der Waals surface area contributed by atoms with Crippen LogP contribution in [0.1, 0.15) is 10.4 Å². The number of anilines is 1. The van der Waals surface area contributed by atoms with Gasteiger partial charge in [0.25, 0.3) is 11.5 Å². The van der Waals surface area contributed by atoms with Crippen LogP contribution in [-0.4, -0.2) is 20.0 Å². The van der Waals surface area contributed by atoms with Gasteiger partial charge in [0.1, 0.15) is 5.52 Å². The Hall–Kier alpha value is -3.39. The number of rotatable bonds is 3. The van der Waals surface area contributed by atoms with Crippen molar-refractivity contribution in [2.24, 2.45) is 7.05 Å². The fourth-order valence-electron chi connectivity index (χ4n) is 3.12. The van der Waals surface area contributed by atoms with Gasteiger partial charge >= 0.3 is 5.69 Å². The quantitative estimate of drug-likeness (QED) is 0.515. The number of fused-ring (bicyclic) bond motifs is 1. The molecular formula is C20H15BrN4O3.